The van der Waals surface area contributed by atoms with Gasteiger partial charge in [-0.1, -0.05) is 206 Å². The first-order valence-electron chi connectivity index (χ1n) is 29.3. The van der Waals surface area contributed by atoms with Crippen LogP contribution in [0.1, 0.15) is 5.56 Å². The Morgan fingerprint density at radius 3 is 0.784 bits per heavy atom. The lowest BCUT2D eigenvalue weighted by Gasteiger charge is -2.20. The van der Waals surface area contributed by atoms with Crippen LogP contribution in [0.4, 0.5) is 0 Å². The molecular formula is C80H50N8. The zero-order valence-electron chi connectivity index (χ0n) is 47.4. The van der Waals surface area contributed by atoms with Gasteiger partial charge in [0.2, 0.25) is 0 Å². The normalized spacial score (nSPS) is 11.4. The number of pyridine rings is 5. The molecule has 0 saturated heterocycles. The van der Waals surface area contributed by atoms with Crippen LogP contribution in [0.25, 0.3) is 156 Å². The quantitative estimate of drug-likeness (QED) is 0.128. The number of hydrogen-bond donors (Lipinski definition) is 0. The van der Waals surface area contributed by atoms with Gasteiger partial charge in [-0.05, 0) is 88.5 Å². The molecule has 16 aromatic rings. The Morgan fingerprint density at radius 1 is 0.250 bits per heavy atom. The number of fused-ring (bicyclic) bond motifs is 6. The van der Waals surface area contributed by atoms with Crippen molar-refractivity contribution >= 4 is 43.6 Å². The summed E-state index contributed by atoms with van der Waals surface area (Å²) in [7, 11) is 0. The lowest BCUT2D eigenvalue weighted by atomic mass is 10.0. The number of nitriles is 1. The highest BCUT2D eigenvalue weighted by Gasteiger charge is 2.25. The molecular weight excluding hydrogens is 1070 g/mol. The molecule has 7 aromatic heterocycles. The Kier molecular flexibility index (Phi) is 12.7. The van der Waals surface area contributed by atoms with Gasteiger partial charge in [0.25, 0.3) is 0 Å². The molecule has 7 heterocycles. The smallest absolute Gasteiger partial charge is 0.0991 e. The van der Waals surface area contributed by atoms with Gasteiger partial charge in [0.15, 0.2) is 0 Å². The minimum absolute atomic E-state index is 0.566. The second-order valence-corrected chi connectivity index (χ2v) is 22.0. The van der Waals surface area contributed by atoms with Crippen molar-refractivity contribution in [2.75, 3.05) is 0 Å². The number of nitrogens with zero attached hydrogens (tertiary/aromatic N) is 8. The second-order valence-electron chi connectivity index (χ2n) is 22.0. The van der Waals surface area contributed by atoms with Crippen LogP contribution in [-0.4, -0.2) is 34.1 Å². The molecule has 0 N–H and O–H groups in total. The van der Waals surface area contributed by atoms with Crippen molar-refractivity contribution in [3.8, 4) is 118 Å². The van der Waals surface area contributed by atoms with E-state index < -0.39 is 0 Å². The van der Waals surface area contributed by atoms with Gasteiger partial charge in [-0.15, -0.1) is 0 Å². The van der Waals surface area contributed by atoms with E-state index in [9.17, 15) is 5.26 Å². The predicted molar refractivity (Wildman–Crippen MR) is 358 cm³/mol. The van der Waals surface area contributed by atoms with Gasteiger partial charge in [-0.25, -0.2) is 0 Å². The van der Waals surface area contributed by atoms with Crippen LogP contribution >= 0.6 is 0 Å². The van der Waals surface area contributed by atoms with Gasteiger partial charge in [-0.3, -0.25) is 24.9 Å². The predicted octanol–water partition coefficient (Wildman–Crippen LogP) is 19.7. The zero-order chi connectivity index (χ0) is 58.5. The minimum atomic E-state index is 0.566. The summed E-state index contributed by atoms with van der Waals surface area (Å²) in [5, 5.41) is 14.6. The maximum Gasteiger partial charge on any atom is 0.0991 e. The van der Waals surface area contributed by atoms with E-state index in [1.807, 2.05) is 122 Å². The van der Waals surface area contributed by atoms with Crippen molar-refractivity contribution in [1.29, 1.82) is 5.26 Å². The van der Waals surface area contributed by atoms with Gasteiger partial charge in [0, 0.05) is 96.4 Å². The SMILES string of the molecule is N#Cc1ccc(-c2c(-n3c4cc(-c5ccc(-c6ccccc6)nc5)ccc4c4ccc(-c5ccc(-c6ccccc6)nc5)cc43)cncc2-n2c3cc(-c4ccc(-c5ccccc5)nc4)ccc3c3ccc(-c4ccc(-c5ccccc5)nc4)cc32)cc1. The maximum atomic E-state index is 10.3. The van der Waals surface area contributed by atoms with Gasteiger partial charge in [0.1, 0.15) is 0 Å². The molecule has 0 saturated carbocycles. The van der Waals surface area contributed by atoms with Crippen molar-refractivity contribution in [3.05, 3.63) is 310 Å². The van der Waals surface area contributed by atoms with E-state index in [2.05, 4.69) is 197 Å². The zero-order valence-corrected chi connectivity index (χ0v) is 47.4. The molecule has 8 nitrogen and oxygen atoms in total. The highest BCUT2D eigenvalue weighted by molar-refractivity contribution is 6.14. The molecule has 8 heteroatoms. The largest absolute Gasteiger partial charge is 0.307 e. The molecule has 0 aliphatic rings. The van der Waals surface area contributed by atoms with Crippen molar-refractivity contribution in [3.63, 3.8) is 0 Å². The molecule has 0 radical (unpaired) electrons. The van der Waals surface area contributed by atoms with E-state index >= 15 is 0 Å². The molecule has 0 bridgehead atoms. The summed E-state index contributed by atoms with van der Waals surface area (Å²) in [6.45, 7) is 0. The first kappa shape index (κ1) is 51.5. The molecule has 0 aliphatic heterocycles. The van der Waals surface area contributed by atoms with E-state index in [0.717, 1.165) is 156 Å². The van der Waals surface area contributed by atoms with E-state index in [1.54, 1.807) is 0 Å². The van der Waals surface area contributed by atoms with Crippen LogP contribution in [0, 0.1) is 11.3 Å². The molecule has 0 fully saturated rings. The summed E-state index contributed by atoms with van der Waals surface area (Å²) >= 11 is 0. The monoisotopic (exact) mass is 1120 g/mol. The van der Waals surface area contributed by atoms with E-state index in [-0.39, 0.29) is 0 Å². The Balaban J connectivity index is 0.947. The first-order valence-corrected chi connectivity index (χ1v) is 29.3. The van der Waals surface area contributed by atoms with Gasteiger partial charge >= 0.3 is 0 Å². The minimum Gasteiger partial charge on any atom is -0.307 e. The van der Waals surface area contributed by atoms with Crippen LogP contribution < -0.4 is 0 Å². The summed E-state index contributed by atoms with van der Waals surface area (Å²) in [5.41, 5.74) is 24.1. The Bertz CT molecular complexity index is 4720. The fraction of sp³-hybridized carbons (Fsp3) is 0. The number of hydrogen-bond acceptors (Lipinski definition) is 6. The maximum absolute atomic E-state index is 10.3. The fourth-order valence-electron chi connectivity index (χ4n) is 12.4. The van der Waals surface area contributed by atoms with Gasteiger partial charge in [-0.2, -0.15) is 5.26 Å². The molecule has 88 heavy (non-hydrogen) atoms. The van der Waals surface area contributed by atoms with E-state index in [0.29, 0.717) is 5.56 Å². The van der Waals surface area contributed by atoms with Crippen molar-refractivity contribution in [2.45, 2.75) is 0 Å². The number of benzene rings is 9. The molecule has 0 atom stereocenters. The molecule has 0 aliphatic carbocycles. The van der Waals surface area contributed by atoms with Gasteiger partial charge in [0.05, 0.1) is 80.2 Å². The summed E-state index contributed by atoms with van der Waals surface area (Å²) in [5.74, 6) is 0. The summed E-state index contributed by atoms with van der Waals surface area (Å²) in [6, 6.07) is 95.3. The van der Waals surface area contributed by atoms with Crippen molar-refractivity contribution < 1.29 is 0 Å². The molecule has 410 valence electrons. The number of aromatic nitrogens is 7. The molecule has 0 unspecified atom stereocenters. The summed E-state index contributed by atoms with van der Waals surface area (Å²) in [6.07, 6.45) is 11.9. The third-order valence-corrected chi connectivity index (χ3v) is 16.9. The lowest BCUT2D eigenvalue weighted by molar-refractivity contribution is 1.09. The summed E-state index contributed by atoms with van der Waals surface area (Å²) < 4.78 is 4.76. The van der Waals surface area contributed by atoms with Crippen LogP contribution in [0.15, 0.2) is 304 Å². The van der Waals surface area contributed by atoms with Gasteiger partial charge < -0.3 is 9.13 Å². The Labute approximate surface area is 507 Å². The highest BCUT2D eigenvalue weighted by Crippen LogP contribution is 2.45. The van der Waals surface area contributed by atoms with Crippen LogP contribution in [0.3, 0.4) is 0 Å². The van der Waals surface area contributed by atoms with E-state index in [4.69, 9.17) is 24.9 Å². The number of rotatable bonds is 11. The van der Waals surface area contributed by atoms with Crippen LogP contribution in [0.2, 0.25) is 0 Å². The topological polar surface area (TPSA) is 98.1 Å². The van der Waals surface area contributed by atoms with Crippen molar-refractivity contribution in [2.24, 2.45) is 0 Å². The average Bonchev–Trinajstić information content (AvgIpc) is 4.04. The highest BCUT2D eigenvalue weighted by atomic mass is 15.0. The Hall–Kier alpha value is -12.2. The van der Waals surface area contributed by atoms with Crippen molar-refractivity contribution in [1.82, 2.24) is 34.1 Å². The third kappa shape index (κ3) is 9.24. The fourth-order valence-corrected chi connectivity index (χ4v) is 12.4. The van der Waals surface area contributed by atoms with Crippen LogP contribution in [-0.2, 0) is 0 Å². The van der Waals surface area contributed by atoms with Crippen LogP contribution in [0.5, 0.6) is 0 Å². The molecule has 16 rings (SSSR count). The van der Waals surface area contributed by atoms with E-state index in [1.165, 1.54) is 0 Å². The molecule has 0 spiro atoms. The average molecular weight is 1120 g/mol. The molecule has 0 amide bonds. The lowest BCUT2D eigenvalue weighted by Crippen LogP contribution is -2.05. The third-order valence-electron chi connectivity index (χ3n) is 16.9. The summed E-state index contributed by atoms with van der Waals surface area (Å²) in [4.78, 5) is 25.2. The Morgan fingerprint density at radius 2 is 0.523 bits per heavy atom. The first-order chi connectivity index (χ1) is 43.6. The second kappa shape index (κ2) is 21.8. The molecule has 9 aromatic carbocycles. The standard InChI is InChI=1S/C80H50N8/c81-45-52-21-23-57(24-22-52)80-78(87-74-41-58(62-29-37-70(83-46-62)53-13-5-1-6-14-53)25-33-66(74)67-34-26-59(42-75(67)87)63-30-38-71(84-47-63)54-15-7-2-8-16-54)50-82-51-79(80)88-76-43-60(64-31-39-72(85-48-64)55-17-9-3-10-18-55)27-35-68(76)69-36-28-61(44-77(69)88)65-32-40-73(86-49-65)56-19-11-4-12-20-56/h1-44,46-51H.